The first kappa shape index (κ1) is 24.2. The average Bonchev–Trinajstić information content (AvgIpc) is 2.66. The molecule has 1 unspecified atom stereocenters. The van der Waals surface area contributed by atoms with Crippen LogP contribution in [0.5, 0.6) is 5.75 Å². The van der Waals surface area contributed by atoms with Gasteiger partial charge in [0.1, 0.15) is 5.75 Å². The lowest BCUT2D eigenvalue weighted by Gasteiger charge is -2.31. The van der Waals surface area contributed by atoms with E-state index in [0.717, 1.165) is 43.4 Å². The number of nitrogens with two attached hydrogens (primary N) is 1. The number of benzene rings is 1. The molecule has 1 aliphatic carbocycles. The average molecular weight is 412 g/mol. The molecule has 1 aromatic rings. The summed E-state index contributed by atoms with van der Waals surface area (Å²) in [4.78, 5) is 24.4. The molecule has 0 bridgehead atoms. The van der Waals surface area contributed by atoms with Crippen LogP contribution in [0.3, 0.4) is 0 Å². The van der Waals surface area contributed by atoms with Crippen molar-refractivity contribution in [1.29, 1.82) is 0 Å². The topological polar surface area (TPSA) is 93.5 Å². The first-order valence-corrected chi connectivity index (χ1v) is 10.0. The molecule has 0 saturated heterocycles. The van der Waals surface area contributed by atoms with E-state index >= 15 is 0 Å². The molecular formula is C21H34ClN3O3. The summed E-state index contributed by atoms with van der Waals surface area (Å²) in [5, 5.41) is 5.88. The van der Waals surface area contributed by atoms with Gasteiger partial charge in [0, 0.05) is 13.0 Å². The molecule has 1 aliphatic rings. The quantitative estimate of drug-likeness (QED) is 0.544. The van der Waals surface area contributed by atoms with Crippen LogP contribution in [-0.2, 0) is 9.59 Å². The van der Waals surface area contributed by atoms with Crippen molar-refractivity contribution in [3.05, 3.63) is 29.8 Å². The number of hydrogen-bond donors (Lipinski definition) is 3. The maximum Gasteiger partial charge on any atom is 0.240 e. The Morgan fingerprint density at radius 1 is 1.18 bits per heavy atom. The minimum absolute atomic E-state index is 0. The Bertz CT molecular complexity index is 616. The summed E-state index contributed by atoms with van der Waals surface area (Å²) in [5.74, 6) is 0.724. The molecular weight excluding hydrogens is 378 g/mol. The third-order valence-corrected chi connectivity index (χ3v) is 5.13. The number of hydrogen-bond acceptors (Lipinski definition) is 4. The standard InChI is InChI=1S/C21H33N3O3.ClH/c1-3-27-18-11-9-17(10-12-18)16(2)24-19(25)8-7-15-23-20(26)21(22)13-5-4-6-14-21;/h9-12,16H,3-8,13-15,22H2,1-2H3,(H,23,26)(H,24,25);1H. The SMILES string of the molecule is CCOc1ccc(C(C)NC(=O)CCCNC(=O)C2(N)CCCCC2)cc1.Cl. The second-order valence-electron chi connectivity index (χ2n) is 7.37. The molecule has 0 heterocycles. The van der Waals surface area contributed by atoms with Crippen molar-refractivity contribution < 1.29 is 14.3 Å². The van der Waals surface area contributed by atoms with Gasteiger partial charge in [-0.1, -0.05) is 31.4 Å². The van der Waals surface area contributed by atoms with E-state index in [1.165, 1.54) is 0 Å². The van der Waals surface area contributed by atoms with E-state index in [2.05, 4.69) is 10.6 Å². The molecule has 1 saturated carbocycles. The van der Waals surface area contributed by atoms with E-state index in [1.807, 2.05) is 38.1 Å². The number of nitrogens with one attached hydrogen (secondary N) is 2. The fraction of sp³-hybridized carbons (Fsp3) is 0.619. The lowest BCUT2D eigenvalue weighted by Crippen LogP contribution is -2.55. The Labute approximate surface area is 174 Å². The number of ether oxygens (including phenoxy) is 1. The lowest BCUT2D eigenvalue weighted by molar-refractivity contribution is -0.128. The third-order valence-electron chi connectivity index (χ3n) is 5.13. The molecule has 0 aliphatic heterocycles. The Morgan fingerprint density at radius 3 is 2.43 bits per heavy atom. The van der Waals surface area contributed by atoms with Crippen LogP contribution in [0.15, 0.2) is 24.3 Å². The predicted molar refractivity (Wildman–Crippen MR) is 114 cm³/mol. The van der Waals surface area contributed by atoms with Crippen molar-refractivity contribution in [2.24, 2.45) is 5.73 Å². The van der Waals surface area contributed by atoms with Crippen LogP contribution in [0, 0.1) is 0 Å². The highest BCUT2D eigenvalue weighted by atomic mass is 35.5. The van der Waals surface area contributed by atoms with Gasteiger partial charge < -0.3 is 21.1 Å². The Hall–Kier alpha value is -1.79. The Morgan fingerprint density at radius 2 is 1.82 bits per heavy atom. The van der Waals surface area contributed by atoms with Crippen molar-refractivity contribution in [2.45, 2.75) is 70.4 Å². The van der Waals surface area contributed by atoms with Crippen LogP contribution in [-0.4, -0.2) is 30.5 Å². The van der Waals surface area contributed by atoms with Gasteiger partial charge >= 0.3 is 0 Å². The van der Waals surface area contributed by atoms with Crippen molar-refractivity contribution in [2.75, 3.05) is 13.2 Å². The molecule has 4 N–H and O–H groups in total. The van der Waals surface area contributed by atoms with Crippen LogP contribution in [0.2, 0.25) is 0 Å². The molecule has 1 aromatic carbocycles. The molecule has 7 heteroatoms. The summed E-state index contributed by atoms with van der Waals surface area (Å²) in [5.41, 5.74) is 6.51. The maximum absolute atomic E-state index is 12.3. The molecule has 2 rings (SSSR count). The van der Waals surface area contributed by atoms with Crippen LogP contribution >= 0.6 is 12.4 Å². The molecule has 0 radical (unpaired) electrons. The number of amides is 2. The van der Waals surface area contributed by atoms with E-state index in [4.69, 9.17) is 10.5 Å². The highest BCUT2D eigenvalue weighted by molar-refractivity contribution is 5.86. The number of carbonyl (C=O) groups excluding carboxylic acids is 2. The van der Waals surface area contributed by atoms with Crippen LogP contribution in [0.1, 0.15) is 70.4 Å². The summed E-state index contributed by atoms with van der Waals surface area (Å²) in [7, 11) is 0. The van der Waals surface area contributed by atoms with Crippen molar-refractivity contribution in [3.63, 3.8) is 0 Å². The monoisotopic (exact) mass is 411 g/mol. The molecule has 1 atom stereocenters. The normalized spacial score (nSPS) is 16.4. The van der Waals surface area contributed by atoms with Crippen molar-refractivity contribution in [3.8, 4) is 5.75 Å². The zero-order valence-electron chi connectivity index (χ0n) is 17.0. The molecule has 6 nitrogen and oxygen atoms in total. The van der Waals surface area contributed by atoms with E-state index in [1.54, 1.807) is 0 Å². The van der Waals surface area contributed by atoms with E-state index in [0.29, 0.717) is 26.0 Å². The highest BCUT2D eigenvalue weighted by Gasteiger charge is 2.34. The van der Waals surface area contributed by atoms with Gasteiger partial charge in [0.15, 0.2) is 0 Å². The number of rotatable bonds is 9. The minimum Gasteiger partial charge on any atom is -0.494 e. The van der Waals surface area contributed by atoms with Crippen LogP contribution in [0.4, 0.5) is 0 Å². The second-order valence-corrected chi connectivity index (χ2v) is 7.37. The van der Waals surface area contributed by atoms with E-state index in [-0.39, 0.29) is 30.3 Å². The fourth-order valence-electron chi connectivity index (χ4n) is 3.45. The molecule has 158 valence electrons. The van der Waals surface area contributed by atoms with Gasteiger partial charge in [0.05, 0.1) is 18.2 Å². The van der Waals surface area contributed by atoms with Crippen molar-refractivity contribution in [1.82, 2.24) is 10.6 Å². The summed E-state index contributed by atoms with van der Waals surface area (Å²) < 4.78 is 5.43. The molecule has 2 amide bonds. The van der Waals surface area contributed by atoms with Crippen LogP contribution in [0.25, 0.3) is 0 Å². The molecule has 0 spiro atoms. The fourth-order valence-corrected chi connectivity index (χ4v) is 3.45. The number of carbonyl (C=O) groups is 2. The highest BCUT2D eigenvalue weighted by Crippen LogP contribution is 2.25. The van der Waals surface area contributed by atoms with Gasteiger partial charge in [-0.2, -0.15) is 0 Å². The van der Waals surface area contributed by atoms with Gasteiger partial charge in [0.2, 0.25) is 11.8 Å². The summed E-state index contributed by atoms with van der Waals surface area (Å²) in [6.07, 6.45) is 5.64. The van der Waals surface area contributed by atoms with Crippen molar-refractivity contribution >= 4 is 24.2 Å². The van der Waals surface area contributed by atoms with Gasteiger partial charge in [0.25, 0.3) is 0 Å². The summed E-state index contributed by atoms with van der Waals surface area (Å²) in [6, 6.07) is 7.66. The largest absolute Gasteiger partial charge is 0.494 e. The van der Waals surface area contributed by atoms with E-state index in [9.17, 15) is 9.59 Å². The molecule has 0 aromatic heterocycles. The lowest BCUT2D eigenvalue weighted by atomic mass is 9.82. The smallest absolute Gasteiger partial charge is 0.240 e. The predicted octanol–water partition coefficient (Wildman–Crippen LogP) is 3.24. The summed E-state index contributed by atoms with van der Waals surface area (Å²) in [6.45, 7) is 5.01. The zero-order chi connectivity index (χ0) is 19.7. The first-order chi connectivity index (χ1) is 12.9. The van der Waals surface area contributed by atoms with Gasteiger partial charge in [-0.25, -0.2) is 0 Å². The minimum atomic E-state index is -0.720. The maximum atomic E-state index is 12.3. The zero-order valence-corrected chi connectivity index (χ0v) is 17.8. The van der Waals surface area contributed by atoms with Gasteiger partial charge in [-0.15, -0.1) is 12.4 Å². The second kappa shape index (κ2) is 11.9. The first-order valence-electron chi connectivity index (χ1n) is 10.0. The van der Waals surface area contributed by atoms with Gasteiger partial charge in [-0.05, 0) is 50.8 Å². The molecule has 1 fully saturated rings. The van der Waals surface area contributed by atoms with Crippen LogP contribution < -0.4 is 21.1 Å². The third kappa shape index (κ3) is 7.32. The summed E-state index contributed by atoms with van der Waals surface area (Å²) >= 11 is 0. The van der Waals surface area contributed by atoms with E-state index < -0.39 is 5.54 Å². The Kier molecular flexibility index (Phi) is 10.3. The molecule has 28 heavy (non-hydrogen) atoms. The van der Waals surface area contributed by atoms with Gasteiger partial charge in [-0.3, -0.25) is 9.59 Å². The number of halogens is 1. The Balaban J connectivity index is 0.00000392.